The van der Waals surface area contributed by atoms with E-state index in [1.54, 1.807) is 0 Å². The summed E-state index contributed by atoms with van der Waals surface area (Å²) in [5.74, 6) is 1.67. The van der Waals surface area contributed by atoms with Crippen molar-refractivity contribution in [3.05, 3.63) is 269 Å². The van der Waals surface area contributed by atoms with Gasteiger partial charge in [-0.1, -0.05) is 140 Å². The van der Waals surface area contributed by atoms with Gasteiger partial charge in [0.05, 0.1) is 38.6 Å². The number of hydrogen-bond acceptors (Lipinski definition) is 4. The number of benzene rings is 9. The Balaban J connectivity index is 0.906. The second-order valence-electron chi connectivity index (χ2n) is 19.5. The fourth-order valence-electron chi connectivity index (χ4n) is 13.7. The van der Waals surface area contributed by atoms with Gasteiger partial charge < -0.3 is 13.7 Å². The molecule has 2 spiro atoms. The normalized spacial score (nSPS) is 15.9. The minimum Gasteiger partial charge on any atom is -0.457 e. The van der Waals surface area contributed by atoms with E-state index in [2.05, 4.69) is 217 Å². The van der Waals surface area contributed by atoms with Crippen molar-refractivity contribution in [1.82, 2.24) is 14.5 Å². The zero-order chi connectivity index (χ0) is 46.2. The zero-order valence-electron chi connectivity index (χ0n) is 38.0. The van der Waals surface area contributed by atoms with Gasteiger partial charge in [-0.3, -0.25) is 9.97 Å². The van der Waals surface area contributed by atoms with E-state index >= 15 is 0 Å². The number of ether oxygens (including phenoxy) is 1. The minimum atomic E-state index is -0.794. The number of fused-ring (bicyclic) bond motifs is 26. The van der Waals surface area contributed by atoms with Crippen LogP contribution >= 0.6 is 0 Å². The first-order valence-corrected chi connectivity index (χ1v) is 24.4. The molecule has 4 aliphatic rings. The third kappa shape index (κ3) is 4.49. The molecule has 3 aliphatic carbocycles. The summed E-state index contributed by atoms with van der Waals surface area (Å²) in [6.45, 7) is 0. The molecule has 0 saturated heterocycles. The Morgan fingerprint density at radius 1 is 0.380 bits per heavy atom. The Bertz CT molecular complexity index is 4480. The molecule has 5 nitrogen and oxygen atoms in total. The van der Waals surface area contributed by atoms with E-state index in [0.29, 0.717) is 0 Å². The van der Waals surface area contributed by atoms with Crippen molar-refractivity contribution >= 4 is 43.7 Å². The minimum absolute atomic E-state index is 0.511. The largest absolute Gasteiger partial charge is 0.457 e. The van der Waals surface area contributed by atoms with Gasteiger partial charge in [-0.15, -0.1) is 0 Å². The zero-order valence-corrected chi connectivity index (χ0v) is 38.0. The molecule has 0 bridgehead atoms. The maximum Gasteiger partial charge on any atom is 0.137 e. The van der Waals surface area contributed by atoms with Crippen molar-refractivity contribution in [2.75, 3.05) is 0 Å². The molecular weight excluding hydrogens is 867 g/mol. The van der Waals surface area contributed by atoms with E-state index in [1.165, 1.54) is 60.8 Å². The van der Waals surface area contributed by atoms with Crippen LogP contribution in [0.25, 0.3) is 94.2 Å². The van der Waals surface area contributed by atoms with Crippen molar-refractivity contribution in [2.45, 2.75) is 10.8 Å². The van der Waals surface area contributed by atoms with Gasteiger partial charge in [0.25, 0.3) is 0 Å². The molecule has 1 aliphatic heterocycles. The molecular formula is C66H37N3O2. The van der Waals surface area contributed by atoms with Gasteiger partial charge in [-0.05, 0) is 128 Å². The summed E-state index contributed by atoms with van der Waals surface area (Å²) in [5.41, 5.74) is 22.1. The highest BCUT2D eigenvalue weighted by Crippen LogP contribution is 2.67. The van der Waals surface area contributed by atoms with Crippen LogP contribution in [0.2, 0.25) is 0 Å². The molecule has 5 heterocycles. The highest BCUT2D eigenvalue weighted by atomic mass is 16.5. The summed E-state index contributed by atoms with van der Waals surface area (Å²) >= 11 is 0. The number of aromatic nitrogens is 3. The van der Waals surface area contributed by atoms with Crippen LogP contribution < -0.4 is 4.74 Å². The van der Waals surface area contributed by atoms with E-state index in [0.717, 1.165) is 89.4 Å². The lowest BCUT2D eigenvalue weighted by Gasteiger charge is -2.40. The molecule has 0 amide bonds. The molecule has 0 radical (unpaired) electrons. The van der Waals surface area contributed by atoms with Gasteiger partial charge in [0.2, 0.25) is 0 Å². The molecule has 1 atom stereocenters. The summed E-state index contributed by atoms with van der Waals surface area (Å²) in [4.78, 5) is 10.5. The maximum atomic E-state index is 7.22. The van der Waals surface area contributed by atoms with E-state index in [1.807, 2.05) is 12.4 Å². The predicted molar refractivity (Wildman–Crippen MR) is 283 cm³/mol. The molecule has 0 saturated carbocycles. The first-order chi connectivity index (χ1) is 35.2. The second-order valence-corrected chi connectivity index (χ2v) is 19.5. The lowest BCUT2D eigenvalue weighted by Crippen LogP contribution is -2.33. The van der Waals surface area contributed by atoms with Gasteiger partial charge in [0.1, 0.15) is 22.7 Å². The van der Waals surface area contributed by atoms with Crippen LogP contribution in [0.5, 0.6) is 11.5 Å². The summed E-state index contributed by atoms with van der Waals surface area (Å²) in [5, 5.41) is 4.59. The fourth-order valence-corrected chi connectivity index (χ4v) is 13.7. The highest BCUT2D eigenvalue weighted by Gasteiger charge is 2.56. The monoisotopic (exact) mass is 903 g/mol. The van der Waals surface area contributed by atoms with Crippen molar-refractivity contribution in [3.8, 4) is 62.0 Å². The molecule has 1 unspecified atom stereocenters. The van der Waals surface area contributed by atoms with Gasteiger partial charge in [0.15, 0.2) is 0 Å². The summed E-state index contributed by atoms with van der Waals surface area (Å²) in [6, 6.07) is 77.3. The summed E-state index contributed by atoms with van der Waals surface area (Å²) in [7, 11) is 0. The maximum absolute atomic E-state index is 7.22. The van der Waals surface area contributed by atoms with Gasteiger partial charge in [-0.2, -0.15) is 0 Å². The molecule has 0 fully saturated rings. The molecule has 17 rings (SSSR count). The quantitative estimate of drug-likeness (QED) is 0.173. The molecule has 4 aromatic heterocycles. The van der Waals surface area contributed by atoms with Crippen molar-refractivity contribution in [3.63, 3.8) is 0 Å². The Kier molecular flexibility index (Phi) is 7.03. The molecule has 328 valence electrons. The topological polar surface area (TPSA) is 53.1 Å². The van der Waals surface area contributed by atoms with Gasteiger partial charge >= 0.3 is 0 Å². The SMILES string of the molecule is c1ccc(-n2c3ccccc3c3ccc4oc5cc(-c6cnc7c(c6)C6(c8ccccc8Oc8cc9c(cc86)-c6ccccc6C96c8ccccc8-c8ccccc86)c6cccnc6-7)ccc5c4c32)cc1. The average molecular weight is 904 g/mol. The highest BCUT2D eigenvalue weighted by molar-refractivity contribution is 6.24. The van der Waals surface area contributed by atoms with Gasteiger partial charge in [0, 0.05) is 56.5 Å². The third-order valence-corrected chi connectivity index (χ3v) is 16.4. The number of furan rings is 1. The Morgan fingerprint density at radius 3 is 1.83 bits per heavy atom. The number of rotatable bonds is 2. The molecule has 9 aromatic carbocycles. The molecule has 5 heteroatoms. The lowest BCUT2D eigenvalue weighted by molar-refractivity contribution is 0.435. The van der Waals surface area contributed by atoms with E-state index in [9.17, 15) is 0 Å². The first kappa shape index (κ1) is 37.6. The van der Waals surface area contributed by atoms with Crippen LogP contribution in [-0.4, -0.2) is 14.5 Å². The lowest BCUT2D eigenvalue weighted by atomic mass is 9.65. The summed E-state index contributed by atoms with van der Waals surface area (Å²) in [6.07, 6.45) is 3.90. The van der Waals surface area contributed by atoms with Crippen LogP contribution in [0, 0.1) is 0 Å². The molecule has 0 N–H and O–H groups in total. The average Bonchev–Trinajstić information content (AvgIpc) is 4.21. The number of para-hydroxylation sites is 3. The number of pyridine rings is 2. The van der Waals surface area contributed by atoms with Crippen molar-refractivity contribution in [2.24, 2.45) is 0 Å². The first-order valence-electron chi connectivity index (χ1n) is 24.4. The molecule has 71 heavy (non-hydrogen) atoms. The standard InChI is InChI=1S/C66H37N3O2/c1-2-15-40(16-3-1)69-56-26-12-7-20-44(56)45-30-31-58-61(64(45)69)46-29-28-38(34-59(46)71-58)39-33-55-63(68-37-39)62-52(25-14-32-67-62)66(55)51-24-11-13-27-57(51)70-60-36-53-47(35-54(60)66)43-19-6-10-23-50(43)65(53)48-21-8-4-17-41(48)42-18-5-9-22-49(42)65/h1-37H. The third-order valence-electron chi connectivity index (χ3n) is 16.4. The second kappa shape index (κ2) is 13.3. The van der Waals surface area contributed by atoms with E-state index in [4.69, 9.17) is 19.1 Å². The fraction of sp³-hybridized carbons (Fsp3) is 0.0303. The van der Waals surface area contributed by atoms with Crippen molar-refractivity contribution in [1.29, 1.82) is 0 Å². The number of nitrogens with zero attached hydrogens (tertiary/aromatic N) is 3. The Labute approximate surface area is 407 Å². The smallest absolute Gasteiger partial charge is 0.137 e. The van der Waals surface area contributed by atoms with Gasteiger partial charge in [-0.25, -0.2) is 0 Å². The van der Waals surface area contributed by atoms with E-state index < -0.39 is 10.8 Å². The van der Waals surface area contributed by atoms with Crippen LogP contribution in [-0.2, 0) is 10.8 Å². The molecule has 13 aromatic rings. The predicted octanol–water partition coefficient (Wildman–Crippen LogP) is 16.0. The van der Waals surface area contributed by atoms with Crippen LogP contribution in [0.4, 0.5) is 0 Å². The number of hydrogen-bond donors (Lipinski definition) is 0. The van der Waals surface area contributed by atoms with Crippen LogP contribution in [0.3, 0.4) is 0 Å². The van der Waals surface area contributed by atoms with Crippen molar-refractivity contribution < 1.29 is 9.15 Å². The Hall–Kier alpha value is -9.32. The van der Waals surface area contributed by atoms with E-state index in [-0.39, 0.29) is 0 Å². The van der Waals surface area contributed by atoms with Crippen LogP contribution in [0.1, 0.15) is 44.5 Å². The van der Waals surface area contributed by atoms with Crippen LogP contribution in [0.15, 0.2) is 229 Å². The Morgan fingerprint density at radius 2 is 1.03 bits per heavy atom. The summed E-state index contributed by atoms with van der Waals surface area (Å²) < 4.78 is 16.5.